The average Bonchev–Trinajstić information content (AvgIpc) is 3.16. The van der Waals surface area contributed by atoms with Crippen LogP contribution in [-0.2, 0) is 18.3 Å². The Hall–Kier alpha value is -2.25. The lowest BCUT2D eigenvalue weighted by Crippen LogP contribution is -2.70. The Morgan fingerprint density at radius 1 is 1.05 bits per heavy atom. The molecular weight excluding hydrogens is 507 g/mol. The van der Waals surface area contributed by atoms with Crippen molar-refractivity contribution in [1.29, 1.82) is 0 Å². The first-order valence-electron chi connectivity index (χ1n) is 13.0. The number of alkyl halides is 3. The number of likely N-dealkylation sites (tertiary alicyclic amines) is 3. The Bertz CT molecular complexity index is 1200. The number of hydrogen-bond acceptors (Lipinski definition) is 7. The van der Waals surface area contributed by atoms with Gasteiger partial charge in [0, 0.05) is 42.4 Å². The van der Waals surface area contributed by atoms with Gasteiger partial charge in [-0.25, -0.2) is 19.4 Å². The summed E-state index contributed by atoms with van der Waals surface area (Å²) in [5.74, 6) is 0.537. The van der Waals surface area contributed by atoms with Crippen molar-refractivity contribution < 1.29 is 23.1 Å². The summed E-state index contributed by atoms with van der Waals surface area (Å²) in [5, 5.41) is 16.3. The van der Waals surface area contributed by atoms with Crippen LogP contribution in [0.5, 0.6) is 0 Å². The highest BCUT2D eigenvalue weighted by atomic mass is 32.1. The first-order chi connectivity index (χ1) is 17.5. The second-order valence-corrected chi connectivity index (χ2v) is 13.0. The van der Waals surface area contributed by atoms with Gasteiger partial charge in [0.2, 0.25) is 0 Å². The molecule has 200 valence electrons. The summed E-state index contributed by atoms with van der Waals surface area (Å²) in [6, 6.07) is 0.423. The van der Waals surface area contributed by atoms with Gasteiger partial charge in [-0.2, -0.15) is 18.3 Å². The summed E-state index contributed by atoms with van der Waals surface area (Å²) < 4.78 is 40.3. The summed E-state index contributed by atoms with van der Waals surface area (Å²) in [4.78, 5) is 27.1. The van der Waals surface area contributed by atoms with Crippen LogP contribution in [-0.4, -0.2) is 84.9 Å². The van der Waals surface area contributed by atoms with Crippen molar-refractivity contribution in [2.24, 2.45) is 10.8 Å². The second-order valence-electron chi connectivity index (χ2n) is 12.0. The van der Waals surface area contributed by atoms with Gasteiger partial charge >= 0.3 is 12.2 Å². The fourth-order valence-electron chi connectivity index (χ4n) is 6.60. The van der Waals surface area contributed by atoms with E-state index in [-0.39, 0.29) is 16.9 Å². The van der Waals surface area contributed by atoms with E-state index >= 15 is 0 Å². The van der Waals surface area contributed by atoms with Crippen molar-refractivity contribution >= 4 is 17.4 Å². The maximum absolute atomic E-state index is 13.0. The third kappa shape index (κ3) is 4.13. The van der Waals surface area contributed by atoms with E-state index in [1.54, 1.807) is 6.33 Å². The predicted octanol–water partition coefficient (Wildman–Crippen LogP) is 3.09. The SMILES string of the molecule is O=C(N1CC2(CCN(Cc3nc(C(F)(F)F)cs3)CC2)C1)N1CC2(CC(n3cnc(C4(O)CC4)n3)C2)C1. The van der Waals surface area contributed by atoms with E-state index in [9.17, 15) is 23.1 Å². The normalized spacial score (nSPS) is 26.2. The molecule has 3 aliphatic heterocycles. The number of piperidine rings is 1. The Balaban J connectivity index is 0.843. The standard InChI is InChI=1S/C24H30F3N7O2S/c25-24(26,27)17-10-37-18(29-17)9-31-5-3-21(4-6-31)11-32(12-21)20(35)33-13-22(14-33)7-16(8-22)34-15-28-19(30-34)23(36)1-2-23/h10,15-16,36H,1-9,11-14H2. The third-order valence-corrected chi connectivity index (χ3v) is 9.96. The maximum Gasteiger partial charge on any atom is 0.434 e. The van der Waals surface area contributed by atoms with E-state index in [0.29, 0.717) is 23.4 Å². The molecule has 2 spiro atoms. The molecule has 2 aromatic rings. The molecule has 0 radical (unpaired) electrons. The highest BCUT2D eigenvalue weighted by Gasteiger charge is 2.57. The zero-order valence-corrected chi connectivity index (χ0v) is 21.3. The zero-order chi connectivity index (χ0) is 25.6. The van der Waals surface area contributed by atoms with Gasteiger partial charge < -0.3 is 14.9 Å². The first kappa shape index (κ1) is 23.8. The van der Waals surface area contributed by atoms with Crippen LogP contribution in [0, 0.1) is 10.8 Å². The Morgan fingerprint density at radius 3 is 2.30 bits per heavy atom. The molecule has 0 atom stereocenters. The smallest absolute Gasteiger partial charge is 0.382 e. The maximum atomic E-state index is 13.0. The largest absolute Gasteiger partial charge is 0.434 e. The quantitative estimate of drug-likeness (QED) is 0.645. The van der Waals surface area contributed by atoms with Gasteiger partial charge in [-0.3, -0.25) is 4.90 Å². The number of hydrogen-bond donors (Lipinski definition) is 1. The zero-order valence-electron chi connectivity index (χ0n) is 20.5. The number of carbonyl (C=O) groups excluding carboxylic acids is 1. The molecule has 13 heteroatoms. The molecule has 1 N–H and O–H groups in total. The minimum atomic E-state index is -4.39. The molecule has 0 aromatic carbocycles. The van der Waals surface area contributed by atoms with Crippen LogP contribution in [0.1, 0.15) is 61.1 Å². The van der Waals surface area contributed by atoms with E-state index in [0.717, 1.165) is 94.5 Å². The lowest BCUT2D eigenvalue weighted by Gasteiger charge is -2.61. The number of rotatable bonds is 4. The monoisotopic (exact) mass is 537 g/mol. The fourth-order valence-corrected chi connectivity index (χ4v) is 7.44. The molecule has 2 saturated carbocycles. The number of thiazole rings is 1. The molecule has 5 aliphatic rings. The van der Waals surface area contributed by atoms with Gasteiger partial charge in [-0.1, -0.05) is 0 Å². The van der Waals surface area contributed by atoms with Gasteiger partial charge in [0.05, 0.1) is 12.6 Å². The van der Waals surface area contributed by atoms with Crippen LogP contribution >= 0.6 is 11.3 Å². The molecule has 37 heavy (non-hydrogen) atoms. The highest BCUT2D eigenvalue weighted by molar-refractivity contribution is 7.09. The summed E-state index contributed by atoms with van der Waals surface area (Å²) in [6.07, 6.45) is 2.69. The Labute approximate surface area is 216 Å². The molecule has 3 saturated heterocycles. The van der Waals surface area contributed by atoms with Crippen LogP contribution in [0.15, 0.2) is 11.7 Å². The van der Waals surface area contributed by atoms with E-state index in [4.69, 9.17) is 0 Å². The molecule has 5 heterocycles. The van der Waals surface area contributed by atoms with E-state index in [2.05, 4.69) is 20.0 Å². The summed E-state index contributed by atoms with van der Waals surface area (Å²) in [6.45, 7) is 5.21. The van der Waals surface area contributed by atoms with Crippen molar-refractivity contribution in [3.8, 4) is 0 Å². The van der Waals surface area contributed by atoms with E-state index in [1.807, 2.05) is 14.5 Å². The molecule has 9 nitrogen and oxygen atoms in total. The Kier molecular flexibility index (Phi) is 5.08. The molecular formula is C24H30F3N7O2S. The fraction of sp³-hybridized carbons (Fsp3) is 0.750. The molecule has 2 aliphatic carbocycles. The van der Waals surface area contributed by atoms with Crippen LogP contribution in [0.3, 0.4) is 0 Å². The van der Waals surface area contributed by atoms with Gasteiger partial charge in [-0.15, -0.1) is 11.3 Å². The number of halogens is 3. The van der Waals surface area contributed by atoms with Crippen molar-refractivity contribution in [2.45, 2.75) is 62.9 Å². The first-order valence-corrected chi connectivity index (χ1v) is 13.8. The predicted molar refractivity (Wildman–Crippen MR) is 126 cm³/mol. The molecule has 0 unspecified atom stereocenters. The lowest BCUT2D eigenvalue weighted by atomic mass is 9.60. The summed E-state index contributed by atoms with van der Waals surface area (Å²) in [7, 11) is 0. The van der Waals surface area contributed by atoms with Crippen molar-refractivity contribution in [2.75, 3.05) is 39.3 Å². The summed E-state index contributed by atoms with van der Waals surface area (Å²) in [5.41, 5.74) is -1.27. The van der Waals surface area contributed by atoms with Crippen LogP contribution in [0.25, 0.3) is 0 Å². The van der Waals surface area contributed by atoms with E-state index < -0.39 is 17.5 Å². The molecule has 2 amide bonds. The number of nitrogens with zero attached hydrogens (tertiary/aromatic N) is 7. The van der Waals surface area contributed by atoms with Crippen molar-refractivity contribution in [3.05, 3.63) is 28.2 Å². The average molecular weight is 538 g/mol. The number of aliphatic hydroxyl groups is 1. The third-order valence-electron chi connectivity index (χ3n) is 9.12. The van der Waals surface area contributed by atoms with Gasteiger partial charge in [0.15, 0.2) is 11.5 Å². The van der Waals surface area contributed by atoms with Gasteiger partial charge in [-0.05, 0) is 51.6 Å². The van der Waals surface area contributed by atoms with Crippen LogP contribution < -0.4 is 0 Å². The number of amides is 2. The highest BCUT2D eigenvalue weighted by Crippen LogP contribution is 2.55. The van der Waals surface area contributed by atoms with Crippen LogP contribution in [0.4, 0.5) is 18.0 Å². The second kappa shape index (κ2) is 7.89. The number of aromatic nitrogens is 4. The van der Waals surface area contributed by atoms with Gasteiger partial charge in [0.25, 0.3) is 0 Å². The molecule has 2 aromatic heterocycles. The summed E-state index contributed by atoms with van der Waals surface area (Å²) >= 11 is 1.07. The molecule has 5 fully saturated rings. The van der Waals surface area contributed by atoms with Gasteiger partial charge in [0.1, 0.15) is 16.9 Å². The Morgan fingerprint density at radius 2 is 1.70 bits per heavy atom. The van der Waals surface area contributed by atoms with E-state index in [1.165, 1.54) is 0 Å². The van der Waals surface area contributed by atoms with Crippen molar-refractivity contribution in [3.63, 3.8) is 0 Å². The number of urea groups is 1. The molecule has 0 bridgehead atoms. The topological polar surface area (TPSA) is 90.6 Å². The number of carbonyl (C=O) groups is 1. The van der Waals surface area contributed by atoms with Crippen LogP contribution in [0.2, 0.25) is 0 Å². The van der Waals surface area contributed by atoms with Crippen molar-refractivity contribution in [1.82, 2.24) is 34.4 Å². The molecule has 7 rings (SSSR count). The minimum Gasteiger partial charge on any atom is -0.382 e. The lowest BCUT2D eigenvalue weighted by molar-refractivity contribution is -0.140. The minimum absolute atomic E-state index is 0.128.